The minimum Gasteiger partial charge on any atom is -0.494 e. The van der Waals surface area contributed by atoms with Crippen molar-refractivity contribution in [1.82, 2.24) is 0 Å². The third-order valence-electron chi connectivity index (χ3n) is 3.75. The Morgan fingerprint density at radius 3 is 2.28 bits per heavy atom. The lowest BCUT2D eigenvalue weighted by atomic mass is 10.2. The van der Waals surface area contributed by atoms with Crippen molar-refractivity contribution in [3.8, 4) is 5.75 Å². The van der Waals surface area contributed by atoms with Gasteiger partial charge in [-0.3, -0.25) is 4.79 Å². The molecule has 134 valence electrons. The molecule has 2 aromatic carbocycles. The molecule has 0 unspecified atom stereocenters. The molecule has 5 nitrogen and oxygen atoms in total. The zero-order valence-corrected chi connectivity index (χ0v) is 16.2. The third-order valence-corrected chi connectivity index (χ3v) is 6.70. The molecule has 0 atom stereocenters. The molecule has 0 aliphatic heterocycles. The van der Waals surface area contributed by atoms with Crippen LogP contribution in [-0.2, 0) is 14.6 Å². The van der Waals surface area contributed by atoms with Crippen molar-refractivity contribution in [1.29, 1.82) is 0 Å². The molecule has 0 aliphatic carbocycles. The number of rotatable bonds is 5. The van der Waals surface area contributed by atoms with E-state index in [9.17, 15) is 17.6 Å². The van der Waals surface area contributed by atoms with Gasteiger partial charge >= 0.3 is 0 Å². The molecule has 0 saturated carbocycles. The maximum Gasteiger partial charge on any atom is 0.245 e. The lowest BCUT2D eigenvalue weighted by molar-refractivity contribution is -0.117. The highest BCUT2D eigenvalue weighted by Crippen LogP contribution is 2.28. The van der Waals surface area contributed by atoms with Crippen molar-refractivity contribution in [2.24, 2.45) is 0 Å². The Hall–Kier alpha value is -1.93. The van der Waals surface area contributed by atoms with Gasteiger partial charge in [-0.15, -0.1) is 0 Å². The van der Waals surface area contributed by atoms with Gasteiger partial charge in [0.1, 0.15) is 4.75 Å². The Morgan fingerprint density at radius 2 is 1.76 bits per heavy atom. The van der Waals surface area contributed by atoms with Gasteiger partial charge in [-0.2, -0.15) is 0 Å². The molecule has 0 radical (unpaired) electrons. The number of sulfone groups is 1. The number of methoxy groups -OCH3 is 1. The van der Waals surface area contributed by atoms with E-state index >= 15 is 0 Å². The SMILES string of the molecule is COc1ccc(NC(=O)C(C)(C)S(=O)(=O)c2ccc(Br)cc2)cc1F. The molecule has 0 fully saturated rings. The predicted molar refractivity (Wildman–Crippen MR) is 97.0 cm³/mol. The standard InChI is InChI=1S/C17H17BrFNO4S/c1-17(2,25(22,23)13-7-4-11(18)5-8-13)16(21)20-12-6-9-15(24-3)14(19)10-12/h4-10H,1-3H3,(H,20,21). The summed E-state index contributed by atoms with van der Waals surface area (Å²) in [4.78, 5) is 12.6. The van der Waals surface area contributed by atoms with Crippen LogP contribution >= 0.6 is 15.9 Å². The maximum atomic E-state index is 13.7. The summed E-state index contributed by atoms with van der Waals surface area (Å²) in [6.07, 6.45) is 0. The summed E-state index contributed by atoms with van der Waals surface area (Å²) >= 11 is 3.23. The van der Waals surface area contributed by atoms with Crippen LogP contribution in [0.15, 0.2) is 51.8 Å². The summed E-state index contributed by atoms with van der Waals surface area (Å²) in [5.41, 5.74) is 0.141. The van der Waals surface area contributed by atoms with Crippen LogP contribution in [0.4, 0.5) is 10.1 Å². The molecule has 0 heterocycles. The number of halogens is 2. The molecule has 0 aromatic heterocycles. The first-order valence-electron chi connectivity index (χ1n) is 7.25. The van der Waals surface area contributed by atoms with E-state index in [0.29, 0.717) is 0 Å². The fourth-order valence-electron chi connectivity index (χ4n) is 2.06. The Balaban J connectivity index is 2.30. The fraction of sp³-hybridized carbons (Fsp3) is 0.235. The molecule has 0 bridgehead atoms. The highest BCUT2D eigenvalue weighted by Gasteiger charge is 2.42. The molecule has 0 aliphatic rings. The van der Waals surface area contributed by atoms with Crippen LogP contribution < -0.4 is 10.1 Å². The normalized spacial score (nSPS) is 11.9. The molecule has 2 aromatic rings. The maximum absolute atomic E-state index is 13.7. The lowest BCUT2D eigenvalue weighted by Crippen LogP contribution is -2.44. The molecule has 8 heteroatoms. The van der Waals surface area contributed by atoms with Crippen molar-refractivity contribution in [2.75, 3.05) is 12.4 Å². The van der Waals surface area contributed by atoms with Crippen LogP contribution in [0.3, 0.4) is 0 Å². The molecule has 1 amide bonds. The fourth-order valence-corrected chi connectivity index (χ4v) is 3.70. The van der Waals surface area contributed by atoms with Crippen LogP contribution in [0.5, 0.6) is 5.75 Å². The first-order valence-corrected chi connectivity index (χ1v) is 9.52. The van der Waals surface area contributed by atoms with Gasteiger partial charge in [0.2, 0.25) is 5.91 Å². The topological polar surface area (TPSA) is 72.5 Å². The Labute approximate surface area is 154 Å². The van der Waals surface area contributed by atoms with Crippen molar-refractivity contribution >= 4 is 37.4 Å². The second-order valence-electron chi connectivity index (χ2n) is 5.77. The summed E-state index contributed by atoms with van der Waals surface area (Å²) in [6, 6.07) is 9.85. The Bertz CT molecular complexity index is 895. The third kappa shape index (κ3) is 3.85. The zero-order chi connectivity index (χ0) is 18.8. The number of hydrogen-bond donors (Lipinski definition) is 1. The van der Waals surface area contributed by atoms with Gasteiger partial charge in [-0.1, -0.05) is 15.9 Å². The van der Waals surface area contributed by atoms with E-state index in [-0.39, 0.29) is 16.3 Å². The summed E-state index contributed by atoms with van der Waals surface area (Å²) in [7, 11) is -2.62. The highest BCUT2D eigenvalue weighted by atomic mass is 79.9. The van der Waals surface area contributed by atoms with E-state index in [1.165, 1.54) is 45.2 Å². The number of amides is 1. The highest BCUT2D eigenvalue weighted by molar-refractivity contribution is 9.10. The van der Waals surface area contributed by atoms with E-state index < -0.39 is 26.3 Å². The van der Waals surface area contributed by atoms with Crippen LogP contribution in [0.25, 0.3) is 0 Å². The Kier molecular flexibility index (Phi) is 5.53. The van der Waals surface area contributed by atoms with Crippen LogP contribution in [-0.4, -0.2) is 26.2 Å². The summed E-state index contributed by atoms with van der Waals surface area (Å²) < 4.78 is 43.1. The number of nitrogens with one attached hydrogen (secondary N) is 1. The number of benzene rings is 2. The molecular formula is C17H17BrFNO4S. The molecule has 0 spiro atoms. The van der Waals surface area contributed by atoms with Gasteiger partial charge in [0.25, 0.3) is 0 Å². The Morgan fingerprint density at radius 1 is 1.16 bits per heavy atom. The van der Waals surface area contributed by atoms with Crippen molar-refractivity contribution in [3.63, 3.8) is 0 Å². The van der Waals surface area contributed by atoms with E-state index in [2.05, 4.69) is 21.2 Å². The number of anilines is 1. The number of ether oxygens (including phenoxy) is 1. The van der Waals surface area contributed by atoms with Crippen LogP contribution in [0.1, 0.15) is 13.8 Å². The molecule has 1 N–H and O–H groups in total. The largest absolute Gasteiger partial charge is 0.494 e. The molecule has 2 rings (SSSR count). The average Bonchev–Trinajstić information content (AvgIpc) is 2.55. The molecular weight excluding hydrogens is 413 g/mol. The minimum absolute atomic E-state index is 0.0248. The van der Waals surface area contributed by atoms with Gasteiger partial charge in [0.05, 0.1) is 12.0 Å². The summed E-state index contributed by atoms with van der Waals surface area (Å²) in [5.74, 6) is -1.39. The van der Waals surface area contributed by atoms with Crippen molar-refractivity contribution in [2.45, 2.75) is 23.5 Å². The smallest absolute Gasteiger partial charge is 0.245 e. The number of carbonyl (C=O) groups is 1. The van der Waals surface area contributed by atoms with Gasteiger partial charge in [0.15, 0.2) is 21.4 Å². The average molecular weight is 430 g/mol. The zero-order valence-electron chi connectivity index (χ0n) is 13.8. The number of hydrogen-bond acceptors (Lipinski definition) is 4. The van der Waals surface area contributed by atoms with Crippen LogP contribution in [0, 0.1) is 5.82 Å². The second kappa shape index (κ2) is 7.13. The second-order valence-corrected chi connectivity index (χ2v) is 9.19. The summed E-state index contributed by atoms with van der Waals surface area (Å²) in [5, 5.41) is 2.44. The molecule has 0 saturated heterocycles. The van der Waals surface area contributed by atoms with E-state index in [1.807, 2.05) is 0 Å². The van der Waals surface area contributed by atoms with E-state index in [1.54, 1.807) is 12.1 Å². The molecule has 25 heavy (non-hydrogen) atoms. The minimum atomic E-state index is -3.95. The summed E-state index contributed by atoms with van der Waals surface area (Å²) in [6.45, 7) is 2.61. The first kappa shape index (κ1) is 19.4. The van der Waals surface area contributed by atoms with Gasteiger partial charge < -0.3 is 10.1 Å². The van der Waals surface area contributed by atoms with Crippen LogP contribution in [0.2, 0.25) is 0 Å². The quantitative estimate of drug-likeness (QED) is 0.784. The number of carbonyl (C=O) groups excluding carboxylic acids is 1. The van der Waals surface area contributed by atoms with E-state index in [4.69, 9.17) is 4.74 Å². The van der Waals surface area contributed by atoms with E-state index in [0.717, 1.165) is 10.5 Å². The first-order chi connectivity index (χ1) is 11.6. The lowest BCUT2D eigenvalue weighted by Gasteiger charge is -2.24. The monoisotopic (exact) mass is 429 g/mol. The van der Waals surface area contributed by atoms with Gasteiger partial charge in [-0.05, 0) is 50.2 Å². The van der Waals surface area contributed by atoms with Gasteiger partial charge in [0, 0.05) is 16.2 Å². The van der Waals surface area contributed by atoms with Gasteiger partial charge in [-0.25, -0.2) is 12.8 Å². The van der Waals surface area contributed by atoms with Crippen molar-refractivity contribution in [3.05, 3.63) is 52.8 Å². The predicted octanol–water partition coefficient (Wildman–Crippen LogP) is 3.79. The van der Waals surface area contributed by atoms with Crippen molar-refractivity contribution < 1.29 is 22.3 Å².